The number of halogens is 2. The molecule has 0 spiro atoms. The van der Waals surface area contributed by atoms with Gasteiger partial charge in [0.15, 0.2) is 0 Å². The Morgan fingerprint density at radius 1 is 0.963 bits per heavy atom. The first-order valence-electron chi connectivity index (χ1n) is 7.79. The molecule has 140 valence electrons. The molecule has 27 heavy (non-hydrogen) atoms. The summed E-state index contributed by atoms with van der Waals surface area (Å²) in [5.74, 6) is -2.20. The lowest BCUT2D eigenvalue weighted by Gasteiger charge is -2.07. The number of amides is 3. The Morgan fingerprint density at radius 3 is 2.33 bits per heavy atom. The molecule has 0 saturated heterocycles. The highest BCUT2D eigenvalue weighted by molar-refractivity contribution is 6.39. The van der Waals surface area contributed by atoms with Gasteiger partial charge in [0.05, 0.1) is 17.1 Å². The summed E-state index contributed by atoms with van der Waals surface area (Å²) in [5.41, 5.74) is 3.30. The van der Waals surface area contributed by atoms with Crippen molar-refractivity contribution in [2.45, 2.75) is 13.3 Å². The zero-order chi connectivity index (χ0) is 19.8. The van der Waals surface area contributed by atoms with Crippen LogP contribution in [-0.4, -0.2) is 23.4 Å². The van der Waals surface area contributed by atoms with E-state index in [1.165, 1.54) is 6.07 Å². The molecule has 0 unspecified atom stereocenters. The molecule has 0 aliphatic heterocycles. The van der Waals surface area contributed by atoms with Crippen LogP contribution in [0, 0.1) is 0 Å². The van der Waals surface area contributed by atoms with E-state index in [0.29, 0.717) is 27.1 Å². The van der Waals surface area contributed by atoms with Crippen LogP contribution >= 0.6 is 23.2 Å². The lowest BCUT2D eigenvalue weighted by atomic mass is 10.2. The van der Waals surface area contributed by atoms with Crippen molar-refractivity contribution in [2.75, 3.05) is 10.6 Å². The Hall–Kier alpha value is -2.90. The number of hydrogen-bond donors (Lipinski definition) is 3. The molecule has 2 aromatic rings. The molecule has 0 radical (unpaired) electrons. The number of anilines is 2. The van der Waals surface area contributed by atoms with Gasteiger partial charge in [-0.15, -0.1) is 0 Å². The van der Waals surface area contributed by atoms with Gasteiger partial charge in [-0.3, -0.25) is 14.4 Å². The number of hydrazone groups is 1. The van der Waals surface area contributed by atoms with E-state index in [1.807, 2.05) is 0 Å². The van der Waals surface area contributed by atoms with Crippen molar-refractivity contribution in [3.63, 3.8) is 0 Å². The van der Waals surface area contributed by atoms with E-state index in [9.17, 15) is 14.4 Å². The van der Waals surface area contributed by atoms with Crippen molar-refractivity contribution in [3.8, 4) is 0 Å². The van der Waals surface area contributed by atoms with E-state index >= 15 is 0 Å². The third-order valence-electron chi connectivity index (χ3n) is 3.21. The third kappa shape index (κ3) is 6.73. The fourth-order valence-electron chi connectivity index (χ4n) is 1.96. The van der Waals surface area contributed by atoms with E-state index in [1.54, 1.807) is 49.4 Å². The maximum absolute atomic E-state index is 12.0. The van der Waals surface area contributed by atoms with Gasteiger partial charge in [0.1, 0.15) is 0 Å². The fraction of sp³-hybridized carbons (Fsp3) is 0.111. The predicted molar refractivity (Wildman–Crippen MR) is 106 cm³/mol. The minimum absolute atomic E-state index is 0.0977. The number of hydrogen-bond acceptors (Lipinski definition) is 4. The van der Waals surface area contributed by atoms with Gasteiger partial charge in [-0.1, -0.05) is 41.4 Å². The summed E-state index contributed by atoms with van der Waals surface area (Å²) in [7, 11) is 0. The molecule has 0 saturated carbocycles. The number of rotatable bonds is 5. The molecule has 7 nitrogen and oxygen atoms in total. The largest absolute Gasteiger partial charge is 0.329 e. The Kier molecular flexibility index (Phi) is 7.34. The molecular formula is C18H16Cl2N4O3. The maximum Gasteiger partial charge on any atom is 0.329 e. The van der Waals surface area contributed by atoms with Gasteiger partial charge in [-0.05, 0) is 37.3 Å². The monoisotopic (exact) mass is 406 g/mol. The summed E-state index contributed by atoms with van der Waals surface area (Å²) in [5, 5.41) is 9.53. The highest BCUT2D eigenvalue weighted by atomic mass is 35.5. The molecule has 2 aromatic carbocycles. The molecule has 9 heteroatoms. The van der Waals surface area contributed by atoms with Crippen LogP contribution in [-0.2, 0) is 14.4 Å². The van der Waals surface area contributed by atoms with Crippen molar-refractivity contribution in [2.24, 2.45) is 5.10 Å². The van der Waals surface area contributed by atoms with Crippen LogP contribution in [0.25, 0.3) is 0 Å². The number of nitrogens with one attached hydrogen (secondary N) is 3. The second-order valence-electron chi connectivity index (χ2n) is 5.46. The van der Waals surface area contributed by atoms with Gasteiger partial charge in [-0.2, -0.15) is 5.10 Å². The summed E-state index contributed by atoms with van der Waals surface area (Å²) >= 11 is 11.8. The van der Waals surface area contributed by atoms with E-state index in [0.717, 1.165) is 0 Å². The number of para-hydroxylation sites is 1. The van der Waals surface area contributed by atoms with Gasteiger partial charge in [0.25, 0.3) is 0 Å². The predicted octanol–water partition coefficient (Wildman–Crippen LogP) is 3.45. The molecule has 3 amide bonds. The first kappa shape index (κ1) is 20.4. The van der Waals surface area contributed by atoms with E-state index in [4.69, 9.17) is 23.2 Å². The van der Waals surface area contributed by atoms with Crippen LogP contribution in [0.1, 0.15) is 13.3 Å². The third-order valence-corrected chi connectivity index (χ3v) is 3.76. The van der Waals surface area contributed by atoms with Gasteiger partial charge >= 0.3 is 11.8 Å². The van der Waals surface area contributed by atoms with Gasteiger partial charge in [0, 0.05) is 16.4 Å². The zero-order valence-corrected chi connectivity index (χ0v) is 15.8. The topological polar surface area (TPSA) is 99.7 Å². The first-order valence-corrected chi connectivity index (χ1v) is 8.55. The van der Waals surface area contributed by atoms with Crippen LogP contribution in [0.5, 0.6) is 0 Å². The second-order valence-corrected chi connectivity index (χ2v) is 6.30. The van der Waals surface area contributed by atoms with Crippen molar-refractivity contribution >= 4 is 58.0 Å². The van der Waals surface area contributed by atoms with E-state index < -0.39 is 11.8 Å². The molecular weight excluding hydrogens is 391 g/mol. The standard InChI is InChI=1S/C18H16Cl2N4O3/c1-11(9-16(25)22-15-8-7-12(19)10-14(15)20)23-24-18(27)17(26)21-13-5-3-2-4-6-13/h2-8,10H,9H2,1H3,(H,21,26)(H,22,25)(H,24,27)/b23-11-. The second kappa shape index (κ2) is 9.70. The first-order chi connectivity index (χ1) is 12.8. The lowest BCUT2D eigenvalue weighted by Crippen LogP contribution is -2.33. The van der Waals surface area contributed by atoms with E-state index in [-0.39, 0.29) is 12.3 Å². The summed E-state index contributed by atoms with van der Waals surface area (Å²) < 4.78 is 0. The normalized spacial score (nSPS) is 10.9. The Labute approximate surface area is 165 Å². The van der Waals surface area contributed by atoms with Crippen LogP contribution in [0.4, 0.5) is 11.4 Å². The molecule has 3 N–H and O–H groups in total. The number of benzene rings is 2. The van der Waals surface area contributed by atoms with Crippen LogP contribution in [0.2, 0.25) is 10.0 Å². The highest BCUT2D eigenvalue weighted by Gasteiger charge is 2.13. The molecule has 0 bridgehead atoms. The molecule has 0 aromatic heterocycles. The van der Waals surface area contributed by atoms with Crippen molar-refractivity contribution < 1.29 is 14.4 Å². The summed E-state index contributed by atoms with van der Waals surface area (Å²) in [6.07, 6.45) is -0.0977. The van der Waals surface area contributed by atoms with Gasteiger partial charge in [-0.25, -0.2) is 5.43 Å². The number of carbonyl (C=O) groups excluding carboxylic acids is 3. The van der Waals surface area contributed by atoms with Crippen LogP contribution in [0.15, 0.2) is 53.6 Å². The van der Waals surface area contributed by atoms with Gasteiger partial charge in [0.2, 0.25) is 5.91 Å². The van der Waals surface area contributed by atoms with Crippen molar-refractivity contribution in [3.05, 3.63) is 58.6 Å². The smallest absolute Gasteiger partial charge is 0.324 e. The highest BCUT2D eigenvalue weighted by Crippen LogP contribution is 2.25. The quantitative estimate of drug-likeness (QED) is 0.402. The van der Waals surface area contributed by atoms with Gasteiger partial charge < -0.3 is 10.6 Å². The van der Waals surface area contributed by atoms with Crippen LogP contribution < -0.4 is 16.1 Å². The minimum atomic E-state index is -0.945. The summed E-state index contributed by atoms with van der Waals surface area (Å²) in [6, 6.07) is 13.2. The average Bonchev–Trinajstić information content (AvgIpc) is 2.62. The summed E-state index contributed by atoms with van der Waals surface area (Å²) in [4.78, 5) is 35.5. The Balaban J connectivity index is 1.84. The van der Waals surface area contributed by atoms with Crippen LogP contribution in [0.3, 0.4) is 0 Å². The minimum Gasteiger partial charge on any atom is -0.324 e. The Bertz CT molecular complexity index is 885. The maximum atomic E-state index is 12.0. The number of nitrogens with zero attached hydrogens (tertiary/aromatic N) is 1. The summed E-state index contributed by atoms with van der Waals surface area (Å²) in [6.45, 7) is 1.54. The molecule has 0 fully saturated rings. The fourth-order valence-corrected chi connectivity index (χ4v) is 2.42. The van der Waals surface area contributed by atoms with Crippen molar-refractivity contribution in [1.82, 2.24) is 5.43 Å². The van der Waals surface area contributed by atoms with Crippen molar-refractivity contribution in [1.29, 1.82) is 0 Å². The molecule has 2 rings (SSSR count). The Morgan fingerprint density at radius 2 is 1.67 bits per heavy atom. The lowest BCUT2D eigenvalue weighted by molar-refractivity contribution is -0.136. The molecule has 0 aliphatic rings. The molecule has 0 heterocycles. The number of carbonyl (C=O) groups is 3. The zero-order valence-electron chi connectivity index (χ0n) is 14.3. The average molecular weight is 407 g/mol. The van der Waals surface area contributed by atoms with E-state index in [2.05, 4.69) is 21.2 Å². The SMILES string of the molecule is C/C(CC(=O)Nc1ccc(Cl)cc1Cl)=N/NC(=O)C(=O)Nc1ccccc1. The molecule has 0 atom stereocenters. The molecule has 0 aliphatic carbocycles.